The summed E-state index contributed by atoms with van der Waals surface area (Å²) >= 11 is 0. The molecule has 0 aromatic heterocycles. The van der Waals surface area contributed by atoms with Crippen LogP contribution in [0.1, 0.15) is 23.1 Å². The molecule has 1 heterocycles. The highest BCUT2D eigenvalue weighted by Gasteiger charge is 2.18. The highest BCUT2D eigenvalue weighted by atomic mass is 127. The maximum Gasteiger partial charge on any atom is 0.191 e. The van der Waals surface area contributed by atoms with Gasteiger partial charge in [-0.3, -0.25) is 4.99 Å². The molecule has 3 rings (SSSR count). The van der Waals surface area contributed by atoms with Gasteiger partial charge in [0.15, 0.2) is 5.96 Å². The summed E-state index contributed by atoms with van der Waals surface area (Å²) in [5, 5.41) is 6.74. The second-order valence-corrected chi connectivity index (χ2v) is 7.49. The molecule has 0 aliphatic carbocycles. The smallest absolute Gasteiger partial charge is 0.191 e. The van der Waals surface area contributed by atoms with Gasteiger partial charge in [0.1, 0.15) is 23.4 Å². The first-order valence-corrected chi connectivity index (χ1v) is 10.6. The van der Waals surface area contributed by atoms with Crippen LogP contribution >= 0.6 is 24.0 Å². The first-order valence-electron chi connectivity index (χ1n) is 10.6. The number of halogens is 1. The highest BCUT2D eigenvalue weighted by Crippen LogP contribution is 2.25. The summed E-state index contributed by atoms with van der Waals surface area (Å²) < 4.78 is 22.4. The monoisotopic (exact) mass is 555 g/mol. The minimum absolute atomic E-state index is 0. The molecule has 2 aromatic carbocycles. The van der Waals surface area contributed by atoms with E-state index in [4.69, 9.17) is 18.9 Å². The number of hydrogen-bond donors (Lipinski definition) is 2. The third-order valence-electron chi connectivity index (χ3n) is 5.25. The molecule has 2 aromatic rings. The van der Waals surface area contributed by atoms with E-state index in [2.05, 4.69) is 40.7 Å². The normalized spacial score (nSPS) is 15.6. The lowest BCUT2D eigenvalue weighted by Gasteiger charge is -2.18. The third kappa shape index (κ3) is 7.44. The van der Waals surface area contributed by atoms with Gasteiger partial charge < -0.3 is 29.6 Å². The fraction of sp³-hybridized carbons (Fsp3) is 0.458. The standard InChI is InChI=1S/C24H33N3O4.HI/c1-17-5-6-19(23(13-17)31-21-10-12-30-16-21)15-27-24(25-2)26-11-9-18-14-20(28-3)7-8-22(18)29-4;/h5-8,13-14,21H,9-12,15-16H2,1-4H3,(H2,25,26,27);1H. The number of guanidine groups is 1. The Morgan fingerprint density at radius 3 is 2.59 bits per heavy atom. The molecule has 1 unspecified atom stereocenters. The summed E-state index contributed by atoms with van der Waals surface area (Å²) in [5.41, 5.74) is 3.35. The summed E-state index contributed by atoms with van der Waals surface area (Å²) in [4.78, 5) is 4.34. The van der Waals surface area contributed by atoms with E-state index >= 15 is 0 Å². The number of methoxy groups -OCH3 is 2. The maximum absolute atomic E-state index is 6.19. The molecule has 0 spiro atoms. The van der Waals surface area contributed by atoms with E-state index in [1.807, 2.05) is 18.2 Å². The lowest BCUT2D eigenvalue weighted by molar-refractivity contribution is 0.140. The lowest BCUT2D eigenvalue weighted by atomic mass is 10.1. The fourth-order valence-corrected chi connectivity index (χ4v) is 3.50. The van der Waals surface area contributed by atoms with Crippen LogP contribution in [0.4, 0.5) is 0 Å². The Morgan fingerprint density at radius 1 is 1.06 bits per heavy atom. The van der Waals surface area contributed by atoms with Gasteiger partial charge in [-0.05, 0) is 48.7 Å². The van der Waals surface area contributed by atoms with Crippen LogP contribution < -0.4 is 24.8 Å². The summed E-state index contributed by atoms with van der Waals surface area (Å²) in [6.45, 7) is 4.81. The molecule has 0 saturated carbocycles. The van der Waals surface area contributed by atoms with Crippen molar-refractivity contribution in [3.63, 3.8) is 0 Å². The lowest BCUT2D eigenvalue weighted by Crippen LogP contribution is -2.38. The van der Waals surface area contributed by atoms with E-state index in [0.29, 0.717) is 19.7 Å². The Balaban J connectivity index is 0.00000363. The topological polar surface area (TPSA) is 73.3 Å². The summed E-state index contributed by atoms with van der Waals surface area (Å²) in [7, 11) is 5.11. The molecular formula is C24H34IN3O4. The zero-order valence-electron chi connectivity index (χ0n) is 19.3. The van der Waals surface area contributed by atoms with E-state index in [-0.39, 0.29) is 30.1 Å². The van der Waals surface area contributed by atoms with E-state index in [0.717, 1.165) is 53.8 Å². The number of hydrogen-bond acceptors (Lipinski definition) is 5. The molecule has 32 heavy (non-hydrogen) atoms. The Morgan fingerprint density at radius 2 is 1.91 bits per heavy atom. The van der Waals surface area contributed by atoms with Gasteiger partial charge in [0, 0.05) is 32.1 Å². The van der Waals surface area contributed by atoms with Gasteiger partial charge in [0.25, 0.3) is 0 Å². The molecule has 8 heteroatoms. The van der Waals surface area contributed by atoms with E-state index in [1.165, 1.54) is 5.56 Å². The largest absolute Gasteiger partial charge is 0.497 e. The van der Waals surface area contributed by atoms with Crippen molar-refractivity contribution in [2.24, 2.45) is 4.99 Å². The number of aryl methyl sites for hydroxylation is 1. The first-order chi connectivity index (χ1) is 15.1. The summed E-state index contributed by atoms with van der Waals surface area (Å²) in [5.74, 6) is 3.30. The molecule has 0 amide bonds. The molecule has 1 aliphatic heterocycles. The van der Waals surface area contributed by atoms with Gasteiger partial charge in [-0.15, -0.1) is 24.0 Å². The van der Waals surface area contributed by atoms with E-state index in [9.17, 15) is 0 Å². The second kappa shape index (κ2) is 13.4. The van der Waals surface area contributed by atoms with Crippen molar-refractivity contribution in [2.75, 3.05) is 41.0 Å². The fourth-order valence-electron chi connectivity index (χ4n) is 3.50. The molecule has 1 fully saturated rings. The van der Waals surface area contributed by atoms with Gasteiger partial charge in [-0.1, -0.05) is 12.1 Å². The minimum Gasteiger partial charge on any atom is -0.497 e. The van der Waals surface area contributed by atoms with Crippen LogP contribution in [0.25, 0.3) is 0 Å². The minimum atomic E-state index is 0. The van der Waals surface area contributed by atoms with Gasteiger partial charge in [0.2, 0.25) is 0 Å². The summed E-state index contributed by atoms with van der Waals surface area (Å²) in [6, 6.07) is 12.1. The molecule has 2 N–H and O–H groups in total. The number of nitrogens with zero attached hydrogens (tertiary/aromatic N) is 1. The van der Waals surface area contributed by atoms with Crippen molar-refractivity contribution in [1.82, 2.24) is 10.6 Å². The average Bonchev–Trinajstić information content (AvgIpc) is 3.30. The number of ether oxygens (including phenoxy) is 4. The third-order valence-corrected chi connectivity index (χ3v) is 5.25. The van der Waals surface area contributed by atoms with E-state index in [1.54, 1.807) is 21.3 Å². The Bertz CT molecular complexity index is 886. The van der Waals surface area contributed by atoms with Gasteiger partial charge in [-0.25, -0.2) is 0 Å². The number of nitrogens with one attached hydrogen (secondary N) is 2. The van der Waals surface area contributed by atoms with E-state index < -0.39 is 0 Å². The number of benzene rings is 2. The molecule has 7 nitrogen and oxygen atoms in total. The van der Waals surface area contributed by atoms with Gasteiger partial charge >= 0.3 is 0 Å². The Labute approximate surface area is 207 Å². The molecule has 1 aliphatic rings. The zero-order valence-corrected chi connectivity index (χ0v) is 21.6. The average molecular weight is 555 g/mol. The quantitative estimate of drug-likeness (QED) is 0.280. The molecule has 1 saturated heterocycles. The molecule has 0 radical (unpaired) electrons. The predicted octanol–water partition coefficient (Wildman–Crippen LogP) is 3.71. The van der Waals surface area contributed by atoms with Crippen molar-refractivity contribution >= 4 is 29.9 Å². The zero-order chi connectivity index (χ0) is 22.1. The van der Waals surface area contributed by atoms with Crippen molar-refractivity contribution in [2.45, 2.75) is 32.4 Å². The van der Waals surface area contributed by atoms with Crippen LogP contribution in [0, 0.1) is 6.92 Å². The number of rotatable bonds is 9. The molecule has 0 bridgehead atoms. The van der Waals surface area contributed by atoms with Crippen LogP contribution in [0.3, 0.4) is 0 Å². The SMILES string of the molecule is CN=C(NCCc1cc(OC)ccc1OC)NCc1ccc(C)cc1OC1CCOC1.I. The van der Waals surface area contributed by atoms with Crippen LogP contribution in [0.5, 0.6) is 17.2 Å². The van der Waals surface area contributed by atoms with Gasteiger partial charge in [0.05, 0.1) is 27.4 Å². The second-order valence-electron chi connectivity index (χ2n) is 7.49. The van der Waals surface area contributed by atoms with Gasteiger partial charge in [-0.2, -0.15) is 0 Å². The highest BCUT2D eigenvalue weighted by molar-refractivity contribution is 14.0. The predicted molar refractivity (Wildman–Crippen MR) is 138 cm³/mol. The number of aliphatic imine (C=N–C) groups is 1. The van der Waals surface area contributed by atoms with Crippen molar-refractivity contribution in [1.29, 1.82) is 0 Å². The van der Waals surface area contributed by atoms with Crippen LogP contribution in [0.15, 0.2) is 41.4 Å². The van der Waals surface area contributed by atoms with Crippen LogP contribution in [-0.4, -0.2) is 53.1 Å². The summed E-state index contributed by atoms with van der Waals surface area (Å²) in [6.07, 6.45) is 1.83. The Kier molecular flexibility index (Phi) is 10.9. The molecular weight excluding hydrogens is 521 g/mol. The van der Waals surface area contributed by atoms with Crippen molar-refractivity contribution < 1.29 is 18.9 Å². The molecule has 176 valence electrons. The van der Waals surface area contributed by atoms with Crippen LogP contribution in [0.2, 0.25) is 0 Å². The Hall–Kier alpha value is -2.20. The van der Waals surface area contributed by atoms with Crippen LogP contribution in [-0.2, 0) is 17.7 Å². The van der Waals surface area contributed by atoms with Crippen molar-refractivity contribution in [3.05, 3.63) is 53.1 Å². The maximum atomic E-state index is 6.19. The molecule has 1 atom stereocenters. The van der Waals surface area contributed by atoms with Crippen molar-refractivity contribution in [3.8, 4) is 17.2 Å². The first kappa shape index (κ1) is 26.1.